The lowest BCUT2D eigenvalue weighted by Gasteiger charge is -2.35. The Morgan fingerprint density at radius 1 is 1.32 bits per heavy atom. The van der Waals surface area contributed by atoms with E-state index in [-0.39, 0.29) is 11.5 Å². The molecule has 1 saturated heterocycles. The van der Waals surface area contributed by atoms with E-state index in [9.17, 15) is 9.59 Å². The second-order valence-electron chi connectivity index (χ2n) is 8.17. The zero-order valence-electron chi connectivity index (χ0n) is 16.6. The van der Waals surface area contributed by atoms with E-state index in [1.807, 2.05) is 4.90 Å². The summed E-state index contributed by atoms with van der Waals surface area (Å²) >= 11 is 3.03. The molecule has 0 unspecified atom stereocenters. The SMILES string of the molecule is C=CCn1c(SCC(=O)N2C[C@H](C)C[C@@H](C)C2)nc2sc3c(c2c1=O)CCC3. The summed E-state index contributed by atoms with van der Waals surface area (Å²) in [5.41, 5.74) is 1.21. The summed E-state index contributed by atoms with van der Waals surface area (Å²) in [5.74, 6) is 1.54. The van der Waals surface area contributed by atoms with Gasteiger partial charge in [-0.25, -0.2) is 4.98 Å². The van der Waals surface area contributed by atoms with Crippen LogP contribution in [0.15, 0.2) is 22.6 Å². The minimum atomic E-state index is 0.0134. The van der Waals surface area contributed by atoms with Crippen LogP contribution in [0.1, 0.15) is 37.1 Å². The highest BCUT2D eigenvalue weighted by Gasteiger charge is 2.27. The highest BCUT2D eigenvalue weighted by atomic mass is 32.2. The molecule has 2 aromatic heterocycles. The zero-order chi connectivity index (χ0) is 19.8. The lowest BCUT2D eigenvalue weighted by molar-refractivity contribution is -0.130. The number of likely N-dealkylation sites (tertiary alicyclic amines) is 1. The highest BCUT2D eigenvalue weighted by Crippen LogP contribution is 2.35. The Labute approximate surface area is 173 Å². The van der Waals surface area contributed by atoms with Gasteiger partial charge in [0.15, 0.2) is 5.16 Å². The van der Waals surface area contributed by atoms with Crippen LogP contribution in [-0.4, -0.2) is 39.2 Å². The van der Waals surface area contributed by atoms with Crippen molar-refractivity contribution in [3.05, 3.63) is 33.4 Å². The molecule has 0 aromatic carbocycles. The van der Waals surface area contributed by atoms with Crippen LogP contribution in [0.5, 0.6) is 0 Å². The molecule has 28 heavy (non-hydrogen) atoms. The maximum Gasteiger partial charge on any atom is 0.263 e. The van der Waals surface area contributed by atoms with Gasteiger partial charge in [-0.1, -0.05) is 31.7 Å². The standard InChI is InChI=1S/C21H27N3O2S2/c1-4-8-24-20(26)18-15-6-5-7-16(15)28-19(18)22-21(24)27-12-17(25)23-10-13(2)9-14(3)11-23/h4,13-14H,1,5-12H2,2-3H3/t13-,14-/m1/s1. The predicted octanol–water partition coefficient (Wildman–Crippen LogP) is 3.73. The number of thioether (sulfide) groups is 1. The summed E-state index contributed by atoms with van der Waals surface area (Å²) in [7, 11) is 0. The number of fused-ring (bicyclic) bond motifs is 3. The van der Waals surface area contributed by atoms with Gasteiger partial charge in [0.25, 0.3) is 5.56 Å². The topological polar surface area (TPSA) is 55.2 Å². The number of rotatable bonds is 5. The number of hydrogen-bond donors (Lipinski definition) is 0. The van der Waals surface area contributed by atoms with Crippen LogP contribution in [0.25, 0.3) is 10.2 Å². The first-order chi connectivity index (χ1) is 13.5. The minimum Gasteiger partial charge on any atom is -0.341 e. The van der Waals surface area contributed by atoms with Gasteiger partial charge in [0.2, 0.25) is 5.91 Å². The van der Waals surface area contributed by atoms with Crippen molar-refractivity contribution < 1.29 is 4.79 Å². The summed E-state index contributed by atoms with van der Waals surface area (Å²) in [6.45, 7) is 10.3. The molecule has 5 nitrogen and oxygen atoms in total. The molecule has 2 aromatic rings. The number of aryl methyl sites for hydroxylation is 2. The first-order valence-corrected chi connectivity index (χ1v) is 11.8. The van der Waals surface area contributed by atoms with E-state index in [1.165, 1.54) is 28.6 Å². The summed E-state index contributed by atoms with van der Waals surface area (Å²) in [6, 6.07) is 0. The second-order valence-corrected chi connectivity index (χ2v) is 10.2. The fraction of sp³-hybridized carbons (Fsp3) is 0.571. The molecule has 7 heteroatoms. The van der Waals surface area contributed by atoms with Crippen LogP contribution in [0.3, 0.4) is 0 Å². The summed E-state index contributed by atoms with van der Waals surface area (Å²) < 4.78 is 1.68. The minimum absolute atomic E-state index is 0.0134. The number of piperidine rings is 1. The highest BCUT2D eigenvalue weighted by molar-refractivity contribution is 7.99. The van der Waals surface area contributed by atoms with Crippen LogP contribution in [0, 0.1) is 11.8 Å². The smallest absolute Gasteiger partial charge is 0.263 e. The molecule has 3 heterocycles. The number of aromatic nitrogens is 2. The number of carbonyl (C=O) groups is 1. The summed E-state index contributed by atoms with van der Waals surface area (Å²) in [6.07, 6.45) is 6.04. The fourth-order valence-corrected chi connectivity index (χ4v) is 6.76. The molecule has 0 radical (unpaired) electrons. The fourth-order valence-electron chi connectivity index (χ4n) is 4.54. The van der Waals surface area contributed by atoms with Crippen molar-refractivity contribution in [2.24, 2.45) is 11.8 Å². The third-order valence-electron chi connectivity index (χ3n) is 5.65. The third-order valence-corrected chi connectivity index (χ3v) is 7.79. The first kappa shape index (κ1) is 19.7. The van der Waals surface area contributed by atoms with Crippen molar-refractivity contribution in [3.63, 3.8) is 0 Å². The number of carbonyl (C=O) groups excluding carboxylic acids is 1. The van der Waals surface area contributed by atoms with Gasteiger partial charge in [-0.2, -0.15) is 0 Å². The molecular formula is C21H27N3O2S2. The molecule has 0 spiro atoms. The Morgan fingerprint density at radius 2 is 2.07 bits per heavy atom. The van der Waals surface area contributed by atoms with Crippen LogP contribution in [0.4, 0.5) is 0 Å². The van der Waals surface area contributed by atoms with Gasteiger partial charge in [-0.15, -0.1) is 17.9 Å². The van der Waals surface area contributed by atoms with Crippen LogP contribution in [-0.2, 0) is 24.2 Å². The van der Waals surface area contributed by atoms with Gasteiger partial charge < -0.3 is 4.90 Å². The van der Waals surface area contributed by atoms with Gasteiger partial charge in [0.05, 0.1) is 11.1 Å². The first-order valence-electron chi connectivity index (χ1n) is 10.0. The Kier molecular flexibility index (Phi) is 5.65. The van der Waals surface area contributed by atoms with Crippen molar-refractivity contribution in [2.75, 3.05) is 18.8 Å². The predicted molar refractivity (Wildman–Crippen MR) is 116 cm³/mol. The molecule has 4 rings (SSSR count). The van der Waals surface area contributed by atoms with E-state index in [0.29, 0.717) is 29.3 Å². The zero-order valence-corrected chi connectivity index (χ0v) is 18.2. The van der Waals surface area contributed by atoms with E-state index in [1.54, 1.807) is 22.0 Å². The largest absolute Gasteiger partial charge is 0.341 e. The van der Waals surface area contributed by atoms with Gasteiger partial charge >= 0.3 is 0 Å². The lowest BCUT2D eigenvalue weighted by Crippen LogP contribution is -2.43. The lowest BCUT2D eigenvalue weighted by atomic mass is 9.92. The number of thiophene rings is 1. The molecule has 2 aliphatic rings. The van der Waals surface area contributed by atoms with Crippen LogP contribution in [0.2, 0.25) is 0 Å². The van der Waals surface area contributed by atoms with E-state index in [2.05, 4.69) is 20.4 Å². The monoisotopic (exact) mass is 417 g/mol. The van der Waals surface area contributed by atoms with E-state index < -0.39 is 0 Å². The Bertz CT molecular complexity index is 968. The number of hydrogen-bond acceptors (Lipinski definition) is 5. The molecule has 1 amide bonds. The molecule has 1 aliphatic heterocycles. The maximum atomic E-state index is 13.2. The number of allylic oxidation sites excluding steroid dienone is 1. The van der Waals surface area contributed by atoms with Crippen molar-refractivity contribution >= 4 is 39.2 Å². The molecule has 0 saturated carbocycles. The number of nitrogens with zero attached hydrogens (tertiary/aromatic N) is 3. The maximum absolute atomic E-state index is 13.2. The van der Waals surface area contributed by atoms with Crippen molar-refractivity contribution in [3.8, 4) is 0 Å². The quantitative estimate of drug-likeness (QED) is 0.423. The summed E-state index contributed by atoms with van der Waals surface area (Å²) in [4.78, 5) is 34.8. The van der Waals surface area contributed by atoms with Crippen molar-refractivity contribution in [1.29, 1.82) is 0 Å². The molecule has 0 bridgehead atoms. The normalized spacial score (nSPS) is 21.9. The average molecular weight is 418 g/mol. The molecular weight excluding hydrogens is 390 g/mol. The Balaban J connectivity index is 1.59. The second kappa shape index (κ2) is 8.03. The van der Waals surface area contributed by atoms with E-state index >= 15 is 0 Å². The molecule has 0 N–H and O–H groups in total. The Morgan fingerprint density at radius 3 is 2.79 bits per heavy atom. The van der Waals surface area contributed by atoms with Gasteiger partial charge in [0, 0.05) is 24.5 Å². The van der Waals surface area contributed by atoms with Gasteiger partial charge in [-0.3, -0.25) is 14.2 Å². The number of amides is 1. The average Bonchev–Trinajstić information content (AvgIpc) is 3.22. The summed E-state index contributed by atoms with van der Waals surface area (Å²) in [5, 5.41) is 1.41. The van der Waals surface area contributed by atoms with E-state index in [4.69, 9.17) is 4.98 Å². The van der Waals surface area contributed by atoms with Crippen molar-refractivity contribution in [1.82, 2.24) is 14.5 Å². The molecule has 1 fully saturated rings. The van der Waals surface area contributed by atoms with Crippen molar-refractivity contribution in [2.45, 2.75) is 51.2 Å². The molecule has 1 aliphatic carbocycles. The van der Waals surface area contributed by atoms with Gasteiger partial charge in [-0.05, 0) is 43.1 Å². The Hall–Kier alpha value is -1.60. The van der Waals surface area contributed by atoms with Crippen LogP contribution >= 0.6 is 23.1 Å². The van der Waals surface area contributed by atoms with E-state index in [0.717, 1.165) is 42.6 Å². The van der Waals surface area contributed by atoms with Crippen LogP contribution < -0.4 is 5.56 Å². The molecule has 150 valence electrons. The van der Waals surface area contributed by atoms with Gasteiger partial charge in [0.1, 0.15) is 4.83 Å². The third kappa shape index (κ3) is 3.66. The molecule has 2 atom stereocenters.